The highest BCUT2D eigenvalue weighted by Crippen LogP contribution is 2.32. The highest BCUT2D eigenvalue weighted by atomic mass is 79.9. The van der Waals surface area contributed by atoms with E-state index in [1.807, 2.05) is 0 Å². The molecular weight excluding hydrogens is 314 g/mol. The Labute approximate surface area is 119 Å². The summed E-state index contributed by atoms with van der Waals surface area (Å²) in [4.78, 5) is 0.328. The minimum absolute atomic E-state index is 0.127. The van der Waals surface area contributed by atoms with E-state index in [9.17, 15) is 8.42 Å². The lowest BCUT2D eigenvalue weighted by molar-refractivity contribution is 0.291. The van der Waals surface area contributed by atoms with Gasteiger partial charge >= 0.3 is 0 Å². The van der Waals surface area contributed by atoms with Crippen LogP contribution in [0.1, 0.15) is 57.8 Å². The van der Waals surface area contributed by atoms with Crippen molar-refractivity contribution in [3.05, 3.63) is 0 Å². The van der Waals surface area contributed by atoms with Crippen LogP contribution in [0.2, 0.25) is 0 Å². The topological polar surface area (TPSA) is 37.4 Å². The highest BCUT2D eigenvalue weighted by molar-refractivity contribution is 9.09. The lowest BCUT2D eigenvalue weighted by Gasteiger charge is -2.37. The molecule has 2 saturated carbocycles. The van der Waals surface area contributed by atoms with Crippen molar-refractivity contribution in [2.45, 2.75) is 73.9 Å². The Balaban J connectivity index is 2.07. The van der Waals surface area contributed by atoms with Gasteiger partial charge in [-0.2, -0.15) is 0 Å². The summed E-state index contributed by atoms with van der Waals surface area (Å²) < 4.78 is 27.0. The standard InChI is InChI=1S/C13H24BrNO2S/c1-15(13-10-6-5-9-12(13)14)18(16,17)11-7-3-2-4-8-11/h11-13H,2-10H2,1H3. The Bertz CT molecular complexity index is 365. The van der Waals surface area contributed by atoms with E-state index in [4.69, 9.17) is 0 Å². The summed E-state index contributed by atoms with van der Waals surface area (Å²) in [5.74, 6) is 0. The molecule has 0 bridgehead atoms. The van der Waals surface area contributed by atoms with Gasteiger partial charge in [0, 0.05) is 17.9 Å². The number of halogens is 1. The molecule has 2 unspecified atom stereocenters. The molecule has 0 spiro atoms. The summed E-state index contributed by atoms with van der Waals surface area (Å²) in [6.07, 6.45) is 9.49. The SMILES string of the molecule is CN(C1CCCCC1Br)S(=O)(=O)C1CCCCC1. The second-order valence-corrected chi connectivity index (χ2v) is 9.14. The molecule has 2 fully saturated rings. The number of hydrogen-bond acceptors (Lipinski definition) is 2. The fourth-order valence-corrected chi connectivity index (χ4v) is 6.39. The molecular formula is C13H24BrNO2S. The third kappa shape index (κ3) is 3.10. The molecule has 5 heteroatoms. The van der Waals surface area contributed by atoms with E-state index >= 15 is 0 Å². The van der Waals surface area contributed by atoms with Crippen molar-refractivity contribution in [3.63, 3.8) is 0 Å². The predicted molar refractivity (Wildman–Crippen MR) is 78.5 cm³/mol. The van der Waals surface area contributed by atoms with Crippen molar-refractivity contribution in [2.75, 3.05) is 7.05 Å². The Hall–Kier alpha value is 0.390. The van der Waals surface area contributed by atoms with E-state index in [1.165, 1.54) is 12.8 Å². The predicted octanol–water partition coefficient (Wildman–Crippen LogP) is 3.29. The maximum Gasteiger partial charge on any atom is 0.217 e. The molecule has 2 atom stereocenters. The first-order chi connectivity index (χ1) is 8.53. The van der Waals surface area contributed by atoms with E-state index in [1.54, 1.807) is 11.4 Å². The van der Waals surface area contributed by atoms with Gasteiger partial charge in [-0.1, -0.05) is 48.0 Å². The van der Waals surface area contributed by atoms with Crippen LogP contribution >= 0.6 is 15.9 Å². The normalized spacial score (nSPS) is 31.7. The summed E-state index contributed by atoms with van der Waals surface area (Å²) in [5, 5.41) is -0.127. The van der Waals surface area contributed by atoms with E-state index in [0.29, 0.717) is 4.83 Å². The van der Waals surface area contributed by atoms with Gasteiger partial charge in [-0.3, -0.25) is 0 Å². The lowest BCUT2D eigenvalue weighted by atomic mass is 9.95. The molecule has 0 aromatic rings. The maximum absolute atomic E-state index is 12.6. The van der Waals surface area contributed by atoms with Crippen LogP contribution in [0.3, 0.4) is 0 Å². The van der Waals surface area contributed by atoms with Crippen molar-refractivity contribution in [1.82, 2.24) is 4.31 Å². The van der Waals surface area contributed by atoms with Crippen molar-refractivity contribution in [3.8, 4) is 0 Å². The van der Waals surface area contributed by atoms with Crippen LogP contribution in [0.4, 0.5) is 0 Å². The first kappa shape index (κ1) is 14.8. The Morgan fingerprint density at radius 1 is 0.944 bits per heavy atom. The number of alkyl halides is 1. The molecule has 0 aromatic carbocycles. The molecule has 0 saturated heterocycles. The molecule has 3 nitrogen and oxygen atoms in total. The molecule has 18 heavy (non-hydrogen) atoms. The lowest BCUT2D eigenvalue weighted by Crippen LogP contribution is -2.47. The van der Waals surface area contributed by atoms with Gasteiger partial charge in [0.2, 0.25) is 10.0 Å². The molecule has 0 heterocycles. The maximum atomic E-state index is 12.6. The summed E-state index contributed by atoms with van der Waals surface area (Å²) >= 11 is 3.67. The number of rotatable bonds is 3. The fraction of sp³-hybridized carbons (Fsp3) is 1.00. The van der Waals surface area contributed by atoms with Crippen LogP contribution in [0, 0.1) is 0 Å². The molecule has 2 rings (SSSR count). The van der Waals surface area contributed by atoms with E-state index < -0.39 is 10.0 Å². The summed E-state index contributed by atoms with van der Waals surface area (Å²) in [5.41, 5.74) is 0. The van der Waals surface area contributed by atoms with Crippen LogP contribution in [0.5, 0.6) is 0 Å². The van der Waals surface area contributed by atoms with Crippen molar-refractivity contribution >= 4 is 26.0 Å². The van der Waals surface area contributed by atoms with Gasteiger partial charge in [0.25, 0.3) is 0 Å². The van der Waals surface area contributed by atoms with E-state index in [0.717, 1.165) is 44.9 Å². The van der Waals surface area contributed by atoms with Gasteiger partial charge in [-0.05, 0) is 25.7 Å². The van der Waals surface area contributed by atoms with Gasteiger partial charge < -0.3 is 0 Å². The van der Waals surface area contributed by atoms with E-state index in [-0.39, 0.29) is 11.3 Å². The molecule has 0 aliphatic heterocycles. The number of hydrogen-bond donors (Lipinski definition) is 0. The second kappa shape index (κ2) is 6.23. The Kier molecular flexibility index (Phi) is 5.12. The minimum Gasteiger partial charge on any atom is -0.212 e. The van der Waals surface area contributed by atoms with Gasteiger partial charge in [0.1, 0.15) is 0 Å². The average Bonchev–Trinajstić information content (AvgIpc) is 2.39. The number of sulfonamides is 1. The molecule has 0 radical (unpaired) electrons. The zero-order chi connectivity index (χ0) is 13.2. The first-order valence-electron chi connectivity index (χ1n) is 7.14. The van der Waals surface area contributed by atoms with Crippen LogP contribution in [-0.4, -0.2) is 35.9 Å². The Morgan fingerprint density at radius 2 is 1.50 bits per heavy atom. The highest BCUT2D eigenvalue weighted by Gasteiger charge is 2.37. The summed E-state index contributed by atoms with van der Waals surface area (Å²) in [6.45, 7) is 0. The van der Waals surface area contributed by atoms with Crippen LogP contribution in [0.25, 0.3) is 0 Å². The van der Waals surface area contributed by atoms with Crippen LogP contribution in [0.15, 0.2) is 0 Å². The van der Waals surface area contributed by atoms with Crippen molar-refractivity contribution in [1.29, 1.82) is 0 Å². The zero-order valence-electron chi connectivity index (χ0n) is 11.1. The third-order valence-electron chi connectivity index (χ3n) is 4.49. The average molecular weight is 338 g/mol. The molecule has 0 aromatic heterocycles. The third-order valence-corrected chi connectivity index (χ3v) is 7.94. The van der Waals surface area contributed by atoms with Crippen LogP contribution < -0.4 is 0 Å². The van der Waals surface area contributed by atoms with Gasteiger partial charge in [-0.15, -0.1) is 0 Å². The number of nitrogens with zero attached hydrogens (tertiary/aromatic N) is 1. The van der Waals surface area contributed by atoms with Gasteiger partial charge in [-0.25, -0.2) is 12.7 Å². The molecule has 2 aliphatic rings. The zero-order valence-corrected chi connectivity index (χ0v) is 13.5. The second-order valence-electron chi connectivity index (χ2n) is 5.69. The smallest absolute Gasteiger partial charge is 0.212 e. The monoisotopic (exact) mass is 337 g/mol. The van der Waals surface area contributed by atoms with Gasteiger partial charge in [0.15, 0.2) is 0 Å². The quantitative estimate of drug-likeness (QED) is 0.741. The summed E-state index contributed by atoms with van der Waals surface area (Å²) in [6, 6.07) is 0.158. The summed E-state index contributed by atoms with van der Waals surface area (Å²) in [7, 11) is -1.31. The van der Waals surface area contributed by atoms with Crippen LogP contribution in [-0.2, 0) is 10.0 Å². The first-order valence-corrected chi connectivity index (χ1v) is 9.56. The van der Waals surface area contributed by atoms with E-state index in [2.05, 4.69) is 15.9 Å². The van der Waals surface area contributed by atoms with Crippen molar-refractivity contribution in [2.24, 2.45) is 0 Å². The van der Waals surface area contributed by atoms with Gasteiger partial charge in [0.05, 0.1) is 5.25 Å². The molecule has 2 aliphatic carbocycles. The molecule has 0 amide bonds. The minimum atomic E-state index is -3.09. The van der Waals surface area contributed by atoms with Crippen molar-refractivity contribution < 1.29 is 8.42 Å². The fourth-order valence-electron chi connectivity index (χ4n) is 3.26. The largest absolute Gasteiger partial charge is 0.217 e. The Morgan fingerprint density at radius 3 is 2.11 bits per heavy atom. The molecule has 0 N–H and O–H groups in total. The molecule has 106 valence electrons.